The van der Waals surface area contributed by atoms with E-state index >= 15 is 0 Å². The lowest BCUT2D eigenvalue weighted by molar-refractivity contribution is 0.0478. The average molecular weight is 223 g/mol. The molecule has 16 heavy (non-hydrogen) atoms. The Kier molecular flexibility index (Phi) is 5.31. The third-order valence-electron chi connectivity index (χ3n) is 3.78. The highest BCUT2D eigenvalue weighted by Gasteiger charge is 2.40. The first-order valence-corrected chi connectivity index (χ1v) is 6.44. The molecule has 0 aromatic heterocycles. The van der Waals surface area contributed by atoms with Gasteiger partial charge in [-0.25, -0.2) is 0 Å². The summed E-state index contributed by atoms with van der Waals surface area (Å²) in [6, 6.07) is 0.403. The number of rotatable bonds is 5. The second-order valence-electron chi connectivity index (χ2n) is 4.95. The highest BCUT2D eigenvalue weighted by atomic mass is 16.5. The first kappa shape index (κ1) is 13.5. The van der Waals surface area contributed by atoms with E-state index < -0.39 is 0 Å². The molecule has 0 spiro atoms. The van der Waals surface area contributed by atoms with Crippen LogP contribution in [0.2, 0.25) is 0 Å². The molecule has 0 radical (unpaired) electrons. The molecule has 5 unspecified atom stereocenters. The maximum absolute atomic E-state index is 5.88. The van der Waals surface area contributed by atoms with Crippen LogP contribution in [-0.4, -0.2) is 24.8 Å². The molecule has 1 N–H and O–H groups in total. The lowest BCUT2D eigenvalue weighted by Crippen LogP contribution is -2.42. The summed E-state index contributed by atoms with van der Waals surface area (Å²) in [5, 5.41) is 3.57. The third-order valence-corrected chi connectivity index (χ3v) is 3.78. The van der Waals surface area contributed by atoms with Gasteiger partial charge in [-0.2, -0.15) is 0 Å². The van der Waals surface area contributed by atoms with Crippen molar-refractivity contribution >= 4 is 0 Å². The maximum atomic E-state index is 5.88. The Balaban J connectivity index is 2.65. The fourth-order valence-electron chi connectivity index (χ4n) is 2.79. The Bertz CT molecular complexity index is 246. The maximum Gasteiger partial charge on any atom is 0.0597 e. The summed E-state index contributed by atoms with van der Waals surface area (Å²) in [6.07, 6.45) is 8.07. The minimum absolute atomic E-state index is 0.313. The first-order chi connectivity index (χ1) is 7.61. The minimum atomic E-state index is 0.313. The second kappa shape index (κ2) is 6.27. The molecule has 1 aliphatic rings. The Morgan fingerprint density at radius 3 is 2.44 bits per heavy atom. The monoisotopic (exact) mass is 223 g/mol. The molecule has 92 valence electrons. The average Bonchev–Trinajstić information content (AvgIpc) is 2.49. The van der Waals surface area contributed by atoms with Crippen LogP contribution >= 0.6 is 0 Å². The van der Waals surface area contributed by atoms with Crippen LogP contribution in [0.1, 0.15) is 40.5 Å². The molecule has 1 saturated heterocycles. The van der Waals surface area contributed by atoms with Crippen molar-refractivity contribution in [2.75, 3.05) is 6.54 Å². The third kappa shape index (κ3) is 2.99. The van der Waals surface area contributed by atoms with Crippen molar-refractivity contribution in [3.05, 3.63) is 0 Å². The zero-order chi connectivity index (χ0) is 12.1. The van der Waals surface area contributed by atoms with Crippen molar-refractivity contribution in [2.45, 2.75) is 58.8 Å². The van der Waals surface area contributed by atoms with E-state index in [1.807, 2.05) is 0 Å². The second-order valence-corrected chi connectivity index (χ2v) is 4.95. The molecule has 2 nitrogen and oxygen atoms in total. The summed E-state index contributed by atoms with van der Waals surface area (Å²) in [5.41, 5.74) is 0. The molecule has 0 amide bonds. The van der Waals surface area contributed by atoms with E-state index in [0.29, 0.717) is 30.1 Å². The zero-order valence-electron chi connectivity index (χ0n) is 11.0. The lowest BCUT2D eigenvalue weighted by atomic mass is 9.82. The van der Waals surface area contributed by atoms with E-state index in [-0.39, 0.29) is 0 Å². The van der Waals surface area contributed by atoms with Gasteiger partial charge in [0, 0.05) is 18.4 Å². The van der Waals surface area contributed by atoms with Crippen LogP contribution in [0, 0.1) is 24.2 Å². The van der Waals surface area contributed by atoms with Gasteiger partial charge < -0.3 is 10.1 Å². The van der Waals surface area contributed by atoms with Gasteiger partial charge in [0.05, 0.1) is 12.2 Å². The molecular weight excluding hydrogens is 198 g/mol. The lowest BCUT2D eigenvalue weighted by Gasteiger charge is -2.28. The van der Waals surface area contributed by atoms with Crippen molar-refractivity contribution in [1.82, 2.24) is 5.32 Å². The van der Waals surface area contributed by atoms with Crippen LogP contribution in [0.25, 0.3) is 0 Å². The van der Waals surface area contributed by atoms with Crippen molar-refractivity contribution in [2.24, 2.45) is 11.8 Å². The molecule has 1 heterocycles. The van der Waals surface area contributed by atoms with E-state index in [9.17, 15) is 0 Å². The molecular formula is C14H25NO. The molecule has 1 fully saturated rings. The van der Waals surface area contributed by atoms with Crippen LogP contribution in [-0.2, 0) is 4.74 Å². The first-order valence-electron chi connectivity index (χ1n) is 6.44. The Morgan fingerprint density at radius 1 is 1.31 bits per heavy atom. The fourth-order valence-corrected chi connectivity index (χ4v) is 2.79. The molecule has 0 bridgehead atoms. The van der Waals surface area contributed by atoms with E-state index in [1.165, 1.54) is 0 Å². The quantitative estimate of drug-likeness (QED) is 0.723. The van der Waals surface area contributed by atoms with Crippen LogP contribution in [0.3, 0.4) is 0 Å². The SMILES string of the molecule is C#CCC(NCCC)C1C(C)OC(C)C1C. The van der Waals surface area contributed by atoms with Crippen LogP contribution < -0.4 is 5.32 Å². The smallest absolute Gasteiger partial charge is 0.0597 e. The highest BCUT2D eigenvalue weighted by molar-refractivity contribution is 4.98. The van der Waals surface area contributed by atoms with Gasteiger partial charge >= 0.3 is 0 Å². The molecule has 0 saturated carbocycles. The Labute approximate surface area is 100 Å². The molecule has 0 aromatic carbocycles. The van der Waals surface area contributed by atoms with Crippen molar-refractivity contribution in [3.8, 4) is 12.3 Å². The Morgan fingerprint density at radius 2 is 2.00 bits per heavy atom. The van der Waals surface area contributed by atoms with Crippen LogP contribution in [0.4, 0.5) is 0 Å². The molecule has 0 aromatic rings. The normalized spacial score (nSPS) is 35.9. The van der Waals surface area contributed by atoms with Gasteiger partial charge in [-0.1, -0.05) is 13.8 Å². The van der Waals surface area contributed by atoms with E-state index in [4.69, 9.17) is 11.2 Å². The Hall–Kier alpha value is -0.520. The molecule has 2 heteroatoms. The summed E-state index contributed by atoms with van der Waals surface area (Å²) < 4.78 is 5.88. The summed E-state index contributed by atoms with van der Waals surface area (Å²) in [4.78, 5) is 0. The number of hydrogen-bond donors (Lipinski definition) is 1. The minimum Gasteiger partial charge on any atom is -0.375 e. The van der Waals surface area contributed by atoms with E-state index in [2.05, 4.69) is 38.9 Å². The zero-order valence-corrected chi connectivity index (χ0v) is 11.0. The molecule has 5 atom stereocenters. The van der Waals surface area contributed by atoms with Gasteiger partial charge in [0.25, 0.3) is 0 Å². The number of nitrogens with one attached hydrogen (secondary N) is 1. The van der Waals surface area contributed by atoms with Crippen molar-refractivity contribution in [3.63, 3.8) is 0 Å². The van der Waals surface area contributed by atoms with Crippen molar-refractivity contribution < 1.29 is 4.74 Å². The van der Waals surface area contributed by atoms with Crippen LogP contribution in [0.15, 0.2) is 0 Å². The summed E-state index contributed by atoms with van der Waals surface area (Å²) in [5.74, 6) is 3.91. The van der Waals surface area contributed by atoms with Gasteiger partial charge in [-0.3, -0.25) is 0 Å². The largest absolute Gasteiger partial charge is 0.375 e. The van der Waals surface area contributed by atoms with Gasteiger partial charge in [-0.05, 0) is 32.7 Å². The number of hydrogen-bond acceptors (Lipinski definition) is 2. The van der Waals surface area contributed by atoms with E-state index in [0.717, 1.165) is 19.4 Å². The molecule has 1 aliphatic heterocycles. The van der Waals surface area contributed by atoms with Gasteiger partial charge in [0.15, 0.2) is 0 Å². The standard InChI is InChI=1S/C14H25NO/c1-6-8-13(15-9-7-2)14-10(3)11(4)16-12(14)5/h1,10-15H,7-9H2,2-5H3. The molecule has 0 aliphatic carbocycles. The van der Waals surface area contributed by atoms with Crippen LogP contribution in [0.5, 0.6) is 0 Å². The number of ether oxygens (including phenoxy) is 1. The van der Waals surface area contributed by atoms with Crippen molar-refractivity contribution in [1.29, 1.82) is 0 Å². The fraction of sp³-hybridized carbons (Fsp3) is 0.857. The highest BCUT2D eigenvalue weighted by Crippen LogP contribution is 2.35. The topological polar surface area (TPSA) is 21.3 Å². The van der Waals surface area contributed by atoms with Gasteiger partial charge in [-0.15, -0.1) is 12.3 Å². The van der Waals surface area contributed by atoms with Gasteiger partial charge in [0.2, 0.25) is 0 Å². The van der Waals surface area contributed by atoms with E-state index in [1.54, 1.807) is 0 Å². The van der Waals surface area contributed by atoms with Gasteiger partial charge in [0.1, 0.15) is 0 Å². The summed E-state index contributed by atoms with van der Waals surface area (Å²) >= 11 is 0. The summed E-state index contributed by atoms with van der Waals surface area (Å²) in [6.45, 7) is 9.82. The predicted octanol–water partition coefficient (Wildman–Crippen LogP) is 2.44. The number of terminal acetylenes is 1. The predicted molar refractivity (Wildman–Crippen MR) is 68.2 cm³/mol. The summed E-state index contributed by atoms with van der Waals surface area (Å²) in [7, 11) is 0. The molecule has 1 rings (SSSR count).